The molecule has 1 fully saturated rings. The summed E-state index contributed by atoms with van der Waals surface area (Å²) in [7, 11) is 0. The number of hydrogen-bond donors (Lipinski definition) is 1. The van der Waals surface area contributed by atoms with Gasteiger partial charge < -0.3 is 5.32 Å². The van der Waals surface area contributed by atoms with E-state index in [9.17, 15) is 13.2 Å². The standard InChI is InChI=1S/C14H16Cl3F3N2.ClH/c15-9-7-10(13(17)11(16)8-9)12(1-2-14(18,19)20)22-5-3-21-4-6-22;/h7-8,12,21H,1-6H2;1H/t12-;/m1./s1. The molecular formula is C14H17Cl4F3N2. The Morgan fingerprint density at radius 1 is 1.13 bits per heavy atom. The Balaban J connectivity index is 0.00000264. The molecule has 1 aromatic carbocycles. The van der Waals surface area contributed by atoms with E-state index in [0.717, 1.165) is 13.1 Å². The first-order valence-corrected chi connectivity index (χ1v) is 8.07. The molecule has 0 radical (unpaired) electrons. The van der Waals surface area contributed by atoms with Gasteiger partial charge in [0.1, 0.15) is 0 Å². The zero-order chi connectivity index (χ0) is 16.3. The quantitative estimate of drug-likeness (QED) is 0.671. The molecule has 23 heavy (non-hydrogen) atoms. The second-order valence-electron chi connectivity index (χ2n) is 5.25. The predicted molar refractivity (Wildman–Crippen MR) is 91.2 cm³/mol. The Morgan fingerprint density at radius 3 is 2.30 bits per heavy atom. The normalized spacial score (nSPS) is 17.7. The molecule has 0 amide bonds. The lowest BCUT2D eigenvalue weighted by molar-refractivity contribution is -0.138. The maximum Gasteiger partial charge on any atom is 0.389 e. The minimum absolute atomic E-state index is 0. The summed E-state index contributed by atoms with van der Waals surface area (Å²) >= 11 is 18.2. The first kappa shape index (κ1) is 21.1. The number of piperazine rings is 1. The molecule has 0 aromatic heterocycles. The highest BCUT2D eigenvalue weighted by Gasteiger charge is 2.32. The largest absolute Gasteiger partial charge is 0.389 e. The molecule has 0 spiro atoms. The Kier molecular flexibility index (Phi) is 8.25. The molecule has 1 aliphatic heterocycles. The van der Waals surface area contributed by atoms with Crippen LogP contribution in [-0.2, 0) is 0 Å². The zero-order valence-corrected chi connectivity index (χ0v) is 15.2. The van der Waals surface area contributed by atoms with Crippen molar-refractivity contribution >= 4 is 47.2 Å². The molecule has 1 N–H and O–H groups in total. The number of alkyl halides is 3. The molecule has 2 rings (SSSR count). The molecule has 1 aromatic rings. The van der Waals surface area contributed by atoms with Gasteiger partial charge >= 0.3 is 6.18 Å². The number of nitrogens with zero attached hydrogens (tertiary/aromatic N) is 1. The van der Waals surface area contributed by atoms with Gasteiger partial charge in [-0.05, 0) is 24.1 Å². The molecule has 2 nitrogen and oxygen atoms in total. The monoisotopic (exact) mass is 410 g/mol. The molecule has 1 atom stereocenters. The lowest BCUT2D eigenvalue weighted by atomic mass is 9.99. The van der Waals surface area contributed by atoms with E-state index in [4.69, 9.17) is 34.8 Å². The second kappa shape index (κ2) is 8.97. The van der Waals surface area contributed by atoms with Gasteiger partial charge in [0.05, 0.1) is 10.0 Å². The van der Waals surface area contributed by atoms with Crippen LogP contribution in [0.2, 0.25) is 15.1 Å². The first-order chi connectivity index (χ1) is 10.3. The Hall–Kier alpha value is 0.0900. The summed E-state index contributed by atoms with van der Waals surface area (Å²) in [5.74, 6) is 0. The Bertz CT molecular complexity index is 519. The molecule has 0 saturated carbocycles. The van der Waals surface area contributed by atoms with Crippen LogP contribution in [0.25, 0.3) is 0 Å². The summed E-state index contributed by atoms with van der Waals surface area (Å²) < 4.78 is 37.9. The number of nitrogens with one attached hydrogen (secondary N) is 1. The molecule has 132 valence electrons. The minimum atomic E-state index is -4.21. The van der Waals surface area contributed by atoms with Crippen molar-refractivity contribution in [2.75, 3.05) is 26.2 Å². The lowest BCUT2D eigenvalue weighted by Gasteiger charge is -2.36. The minimum Gasteiger partial charge on any atom is -0.314 e. The summed E-state index contributed by atoms with van der Waals surface area (Å²) in [6, 6.07) is 2.65. The number of rotatable bonds is 4. The van der Waals surface area contributed by atoms with Crippen LogP contribution in [0.15, 0.2) is 12.1 Å². The summed E-state index contributed by atoms with van der Waals surface area (Å²) in [4.78, 5) is 2.00. The van der Waals surface area contributed by atoms with Gasteiger partial charge in [0.2, 0.25) is 0 Å². The van der Waals surface area contributed by atoms with Gasteiger partial charge in [-0.25, -0.2) is 0 Å². The van der Waals surface area contributed by atoms with Crippen LogP contribution in [0.1, 0.15) is 24.4 Å². The first-order valence-electron chi connectivity index (χ1n) is 6.94. The third kappa shape index (κ3) is 6.15. The van der Waals surface area contributed by atoms with Crippen molar-refractivity contribution in [2.45, 2.75) is 25.1 Å². The van der Waals surface area contributed by atoms with Gasteiger partial charge in [-0.1, -0.05) is 34.8 Å². The highest BCUT2D eigenvalue weighted by molar-refractivity contribution is 6.43. The van der Waals surface area contributed by atoms with E-state index in [2.05, 4.69) is 5.32 Å². The van der Waals surface area contributed by atoms with Crippen molar-refractivity contribution < 1.29 is 13.2 Å². The second-order valence-corrected chi connectivity index (χ2v) is 6.47. The fourth-order valence-corrected chi connectivity index (χ4v) is 3.39. The number of hydrogen-bond acceptors (Lipinski definition) is 2. The predicted octanol–water partition coefficient (Wildman–Crippen LogP) is 5.36. The number of benzene rings is 1. The van der Waals surface area contributed by atoms with Crippen molar-refractivity contribution in [2.24, 2.45) is 0 Å². The lowest BCUT2D eigenvalue weighted by Crippen LogP contribution is -2.45. The molecule has 0 aliphatic carbocycles. The molecular weight excluding hydrogens is 395 g/mol. The molecule has 1 aliphatic rings. The van der Waals surface area contributed by atoms with Crippen LogP contribution in [0.3, 0.4) is 0 Å². The van der Waals surface area contributed by atoms with E-state index in [1.54, 1.807) is 6.07 Å². The Morgan fingerprint density at radius 2 is 1.74 bits per heavy atom. The number of halogens is 7. The molecule has 0 unspecified atom stereocenters. The van der Waals surface area contributed by atoms with Gasteiger partial charge in [-0.3, -0.25) is 4.90 Å². The maximum atomic E-state index is 12.6. The van der Waals surface area contributed by atoms with E-state index in [1.165, 1.54) is 6.07 Å². The smallest absolute Gasteiger partial charge is 0.314 e. The van der Waals surface area contributed by atoms with Crippen LogP contribution in [0, 0.1) is 0 Å². The molecule has 0 bridgehead atoms. The van der Waals surface area contributed by atoms with E-state index in [-0.39, 0.29) is 28.9 Å². The Labute approximate surface area is 154 Å². The van der Waals surface area contributed by atoms with Gasteiger partial charge in [0, 0.05) is 43.7 Å². The van der Waals surface area contributed by atoms with Crippen LogP contribution >= 0.6 is 47.2 Å². The van der Waals surface area contributed by atoms with E-state index in [1.807, 2.05) is 4.90 Å². The van der Waals surface area contributed by atoms with Crippen molar-refractivity contribution in [1.29, 1.82) is 0 Å². The zero-order valence-electron chi connectivity index (χ0n) is 12.1. The fourth-order valence-electron chi connectivity index (χ4n) is 2.65. The van der Waals surface area contributed by atoms with Crippen LogP contribution < -0.4 is 5.32 Å². The van der Waals surface area contributed by atoms with Crippen LogP contribution in [0.4, 0.5) is 13.2 Å². The average Bonchev–Trinajstić information content (AvgIpc) is 2.44. The van der Waals surface area contributed by atoms with Crippen molar-refractivity contribution in [3.8, 4) is 0 Å². The van der Waals surface area contributed by atoms with Gasteiger partial charge in [0.25, 0.3) is 0 Å². The van der Waals surface area contributed by atoms with Crippen molar-refractivity contribution in [1.82, 2.24) is 10.2 Å². The SMILES string of the molecule is Cl.FC(F)(F)CC[C@H](c1cc(Cl)cc(Cl)c1Cl)N1CCNCC1. The van der Waals surface area contributed by atoms with Crippen LogP contribution in [-0.4, -0.2) is 37.3 Å². The third-order valence-corrected chi connectivity index (χ3v) is 4.71. The van der Waals surface area contributed by atoms with Crippen molar-refractivity contribution in [3.63, 3.8) is 0 Å². The summed E-state index contributed by atoms with van der Waals surface area (Å²) in [5.41, 5.74) is 0.560. The molecule has 9 heteroatoms. The average molecular weight is 412 g/mol. The van der Waals surface area contributed by atoms with Gasteiger partial charge in [-0.15, -0.1) is 12.4 Å². The van der Waals surface area contributed by atoms with Gasteiger partial charge in [0.15, 0.2) is 0 Å². The highest BCUT2D eigenvalue weighted by Crippen LogP contribution is 2.39. The summed E-state index contributed by atoms with van der Waals surface area (Å²) in [6.45, 7) is 2.77. The van der Waals surface area contributed by atoms with E-state index in [0.29, 0.717) is 23.7 Å². The third-order valence-electron chi connectivity index (χ3n) is 3.67. The van der Waals surface area contributed by atoms with Crippen molar-refractivity contribution in [3.05, 3.63) is 32.8 Å². The molecule has 1 saturated heterocycles. The van der Waals surface area contributed by atoms with Gasteiger partial charge in [-0.2, -0.15) is 13.2 Å². The summed E-state index contributed by atoms with van der Waals surface area (Å²) in [6.07, 6.45) is -5.15. The topological polar surface area (TPSA) is 15.3 Å². The van der Waals surface area contributed by atoms with E-state index >= 15 is 0 Å². The summed E-state index contributed by atoms with van der Waals surface area (Å²) in [5, 5.41) is 4.09. The maximum absolute atomic E-state index is 12.6. The van der Waals surface area contributed by atoms with Crippen LogP contribution in [0.5, 0.6) is 0 Å². The van der Waals surface area contributed by atoms with E-state index < -0.39 is 18.6 Å². The molecule has 1 heterocycles. The fraction of sp³-hybridized carbons (Fsp3) is 0.571. The highest BCUT2D eigenvalue weighted by atomic mass is 35.5.